The summed E-state index contributed by atoms with van der Waals surface area (Å²) in [4.78, 5) is 0. The van der Waals surface area contributed by atoms with Crippen molar-refractivity contribution >= 4 is 49.6 Å². The van der Waals surface area contributed by atoms with Crippen molar-refractivity contribution in [3.05, 3.63) is 72.8 Å². The van der Waals surface area contributed by atoms with Crippen molar-refractivity contribution in [3.8, 4) is 0 Å². The minimum Gasteiger partial charge on any atom is -0.412 e. The molecule has 0 aliphatic carbocycles. The van der Waals surface area contributed by atoms with Gasteiger partial charge in [0.2, 0.25) is 0 Å². The van der Waals surface area contributed by atoms with Gasteiger partial charge in [0.15, 0.2) is 0 Å². The summed E-state index contributed by atoms with van der Waals surface area (Å²) in [5, 5.41) is 0. The van der Waals surface area contributed by atoms with Gasteiger partial charge < -0.3 is 35.6 Å². The molecule has 0 aliphatic rings. The van der Waals surface area contributed by atoms with Crippen LogP contribution >= 0.6 is 49.6 Å². The van der Waals surface area contributed by atoms with Crippen molar-refractivity contribution in [3.63, 3.8) is 0 Å². The first kappa shape index (κ1) is 68.6. The Morgan fingerprint density at radius 1 is 0.227 bits per heavy atom. The summed E-state index contributed by atoms with van der Waals surface area (Å²) in [5.41, 5.74) is 0. The first-order valence-electron chi connectivity index (χ1n) is 4.00. The normalized spacial score (nSPS) is 4.36. The fourth-order valence-corrected chi connectivity index (χ4v) is 0.770. The van der Waals surface area contributed by atoms with E-state index >= 15 is 0 Å². The fourth-order valence-electron chi connectivity index (χ4n) is 0.770. The van der Waals surface area contributed by atoms with Crippen molar-refractivity contribution in [1.82, 2.24) is 24.6 Å². The summed E-state index contributed by atoms with van der Waals surface area (Å²) >= 11 is 0. The van der Waals surface area contributed by atoms with Gasteiger partial charge in [-0.2, -0.15) is 0 Å². The third kappa shape index (κ3) is 50.6. The van der Waals surface area contributed by atoms with Gasteiger partial charge in [-0.05, 0) is 0 Å². The average molecular weight is 406 g/mol. The van der Waals surface area contributed by atoms with Crippen LogP contribution in [0.5, 0.6) is 0 Å². The lowest BCUT2D eigenvalue weighted by atomic mass is 10.4. The second-order valence-corrected chi connectivity index (χ2v) is 2.31. The molecular weight excluding hydrogens is 374 g/mol. The molecule has 10 heteroatoms. The first-order chi connectivity index (χ1) is 6.00. The number of hydrogen-bond acceptors (Lipinski definition) is 4. The number of halogens is 4. The Morgan fingerprint density at radius 3 is 0.318 bits per heavy atom. The third-order valence-electron chi connectivity index (χ3n) is 1.33. The van der Waals surface area contributed by atoms with Crippen LogP contribution in [-0.2, 0) is 0 Å². The minimum atomic E-state index is 0. The van der Waals surface area contributed by atoms with Crippen LogP contribution in [0.25, 0.3) is 0 Å². The Bertz CT molecular complexity index is 213. The van der Waals surface area contributed by atoms with Crippen molar-refractivity contribution in [2.24, 2.45) is 0 Å². The second kappa shape index (κ2) is 59.1. The van der Waals surface area contributed by atoms with Crippen LogP contribution in [-0.4, -0.2) is 11.0 Å². The van der Waals surface area contributed by atoms with E-state index in [-0.39, 0.29) is 85.2 Å². The standard InChI is InChI=1S/2C6H6.4ClH.4H3N.2H2O/c2*1-2-4-6-5-3-1;;;;;;;;;;/h2*1-6H;4*1H;4*1H3;2*1H2. The van der Waals surface area contributed by atoms with E-state index in [1.54, 1.807) is 0 Å². The molecule has 6 nitrogen and oxygen atoms in total. The van der Waals surface area contributed by atoms with Gasteiger partial charge in [0.05, 0.1) is 0 Å². The lowest BCUT2D eigenvalue weighted by Crippen LogP contribution is -1.47. The van der Waals surface area contributed by atoms with Gasteiger partial charge in [-0.1, -0.05) is 72.8 Å². The largest absolute Gasteiger partial charge is 0.412 e. The van der Waals surface area contributed by atoms with Crippen LogP contribution in [0.15, 0.2) is 72.8 Å². The molecule has 2 rings (SSSR count). The van der Waals surface area contributed by atoms with E-state index in [0.29, 0.717) is 0 Å². The van der Waals surface area contributed by atoms with Gasteiger partial charge in [-0.15, -0.1) is 49.6 Å². The van der Waals surface area contributed by atoms with Crippen molar-refractivity contribution in [2.45, 2.75) is 0 Å². The fraction of sp³-hybridized carbons (Fsp3) is 0. The van der Waals surface area contributed by atoms with Gasteiger partial charge in [-0.25, -0.2) is 0 Å². The molecule has 0 saturated carbocycles. The Hall–Kier alpha value is -0.640. The maximum Gasteiger partial charge on any atom is -0.0623 e. The molecule has 0 aliphatic heterocycles. The van der Waals surface area contributed by atoms with Crippen LogP contribution in [0.2, 0.25) is 0 Å². The predicted molar refractivity (Wildman–Crippen MR) is 109 cm³/mol. The molecule has 0 heterocycles. The molecule has 0 bridgehead atoms. The van der Waals surface area contributed by atoms with Gasteiger partial charge in [-0.3, -0.25) is 0 Å². The number of rotatable bonds is 0. The van der Waals surface area contributed by atoms with E-state index in [4.69, 9.17) is 0 Å². The highest BCUT2D eigenvalue weighted by Crippen LogP contribution is 1.80. The molecule has 22 heavy (non-hydrogen) atoms. The van der Waals surface area contributed by atoms with E-state index in [1.165, 1.54) is 0 Å². The highest BCUT2D eigenvalue weighted by molar-refractivity contribution is 5.86. The summed E-state index contributed by atoms with van der Waals surface area (Å²) in [6.07, 6.45) is 0. The van der Waals surface area contributed by atoms with Gasteiger partial charge in [0.25, 0.3) is 0 Å². The predicted octanol–water partition coefficient (Wildman–Crippen LogP) is 4.06. The van der Waals surface area contributed by atoms with E-state index < -0.39 is 0 Å². The smallest absolute Gasteiger partial charge is 0.0623 e. The zero-order valence-electron chi connectivity index (χ0n) is 12.4. The van der Waals surface area contributed by atoms with Gasteiger partial charge >= 0.3 is 0 Å². The molecule has 140 valence electrons. The third-order valence-corrected chi connectivity index (χ3v) is 1.33. The molecule has 2 aromatic rings. The molecule has 0 amide bonds. The Morgan fingerprint density at radius 2 is 0.273 bits per heavy atom. The summed E-state index contributed by atoms with van der Waals surface area (Å²) in [7, 11) is 0. The van der Waals surface area contributed by atoms with Crippen molar-refractivity contribution in [2.75, 3.05) is 0 Å². The SMILES string of the molecule is Cl.Cl.Cl.Cl.N.N.N.N.O.O.c1ccccc1.c1ccccc1. The van der Waals surface area contributed by atoms with E-state index in [9.17, 15) is 0 Å². The van der Waals surface area contributed by atoms with Crippen molar-refractivity contribution < 1.29 is 11.0 Å². The zero-order valence-corrected chi connectivity index (χ0v) is 15.7. The number of hydrogen-bond donors (Lipinski definition) is 4. The molecule has 2 aromatic carbocycles. The molecule has 0 saturated heterocycles. The highest BCUT2D eigenvalue weighted by atomic mass is 35.5. The van der Waals surface area contributed by atoms with Crippen molar-refractivity contribution in [1.29, 1.82) is 0 Å². The first-order valence-corrected chi connectivity index (χ1v) is 4.00. The maximum atomic E-state index is 2.00. The van der Waals surface area contributed by atoms with Crippen LogP contribution in [0, 0.1) is 0 Å². The van der Waals surface area contributed by atoms with E-state index in [2.05, 4.69) is 0 Å². The highest BCUT2D eigenvalue weighted by Gasteiger charge is 1.58. The van der Waals surface area contributed by atoms with E-state index in [0.717, 1.165) is 0 Å². The quantitative estimate of drug-likeness (QED) is 0.511. The molecule has 0 unspecified atom stereocenters. The molecular formula is C12H32Cl4N4O2. The molecule has 0 radical (unpaired) electrons. The summed E-state index contributed by atoms with van der Waals surface area (Å²) in [6, 6.07) is 24.0. The van der Waals surface area contributed by atoms with Gasteiger partial charge in [0.1, 0.15) is 0 Å². The maximum absolute atomic E-state index is 2.00. The summed E-state index contributed by atoms with van der Waals surface area (Å²) < 4.78 is 0. The minimum absolute atomic E-state index is 0. The topological polar surface area (TPSA) is 203 Å². The Balaban J connectivity index is -0.0000000112. The molecule has 16 N–H and O–H groups in total. The number of benzene rings is 2. The summed E-state index contributed by atoms with van der Waals surface area (Å²) in [6.45, 7) is 0. The monoisotopic (exact) mass is 404 g/mol. The molecule has 0 spiro atoms. The van der Waals surface area contributed by atoms with Gasteiger partial charge in [0, 0.05) is 0 Å². The van der Waals surface area contributed by atoms with Crippen LogP contribution < -0.4 is 24.6 Å². The molecule has 0 aromatic heterocycles. The average Bonchev–Trinajstić information content (AvgIpc) is 2.24. The lowest BCUT2D eigenvalue weighted by Gasteiger charge is -1.69. The molecule has 0 fully saturated rings. The lowest BCUT2D eigenvalue weighted by molar-refractivity contribution is 0.823. The van der Waals surface area contributed by atoms with Crippen LogP contribution in [0.4, 0.5) is 0 Å². The Kier molecular flexibility index (Phi) is 184. The second-order valence-electron chi connectivity index (χ2n) is 2.31. The van der Waals surface area contributed by atoms with Crippen LogP contribution in [0.1, 0.15) is 0 Å². The van der Waals surface area contributed by atoms with E-state index in [1.807, 2.05) is 72.8 Å². The molecule has 0 atom stereocenters. The summed E-state index contributed by atoms with van der Waals surface area (Å²) in [5.74, 6) is 0. The Labute approximate surface area is 158 Å². The van der Waals surface area contributed by atoms with Crippen LogP contribution in [0.3, 0.4) is 0 Å². The zero-order chi connectivity index (χ0) is 8.49.